The maximum atomic E-state index is 6.09. The lowest BCUT2D eigenvalue weighted by Crippen LogP contribution is -2.38. The SMILES string of the molecule is CC(C)OC1CCC2NNC(c3cc(N4C=CSCC4)ncn3)C2C1. The standard InChI is InChI=1S/C18H27N5OS/c1-12(2)24-13-3-4-15-14(9-13)18(22-21-15)16-10-17(20-11-19-16)23-5-7-25-8-6-23/h5,7,10-15,18,21-22H,3-4,6,8-9H2,1-2H3. The van der Waals surface area contributed by atoms with Crippen LogP contribution in [-0.2, 0) is 4.74 Å². The van der Waals surface area contributed by atoms with Gasteiger partial charge in [-0.25, -0.2) is 15.4 Å². The van der Waals surface area contributed by atoms with Crippen LogP contribution < -0.4 is 15.8 Å². The first-order chi connectivity index (χ1) is 12.2. The molecule has 0 radical (unpaired) electrons. The number of nitrogens with zero attached hydrogens (tertiary/aromatic N) is 3. The second-order valence-electron chi connectivity index (χ2n) is 7.31. The fourth-order valence-electron chi connectivity index (χ4n) is 4.11. The number of hydrazine groups is 1. The summed E-state index contributed by atoms with van der Waals surface area (Å²) in [6, 6.07) is 2.85. The van der Waals surface area contributed by atoms with Gasteiger partial charge in [0.25, 0.3) is 0 Å². The van der Waals surface area contributed by atoms with Crippen LogP contribution in [0.4, 0.5) is 5.82 Å². The summed E-state index contributed by atoms with van der Waals surface area (Å²) in [6.45, 7) is 5.23. The van der Waals surface area contributed by atoms with Crippen molar-refractivity contribution in [2.45, 2.75) is 57.4 Å². The van der Waals surface area contributed by atoms with Crippen LogP contribution in [0.5, 0.6) is 0 Å². The Balaban J connectivity index is 1.51. The molecule has 2 N–H and O–H groups in total. The van der Waals surface area contributed by atoms with E-state index in [2.05, 4.69) is 57.2 Å². The van der Waals surface area contributed by atoms with E-state index in [9.17, 15) is 0 Å². The molecular formula is C18H27N5OS. The summed E-state index contributed by atoms with van der Waals surface area (Å²) in [7, 11) is 0. The fraction of sp³-hybridized carbons (Fsp3) is 0.667. The van der Waals surface area contributed by atoms with E-state index in [1.807, 2.05) is 11.8 Å². The largest absolute Gasteiger partial charge is 0.376 e. The highest BCUT2D eigenvalue weighted by atomic mass is 32.2. The summed E-state index contributed by atoms with van der Waals surface area (Å²) in [5, 5.41) is 2.13. The molecular weight excluding hydrogens is 334 g/mol. The van der Waals surface area contributed by atoms with Gasteiger partial charge in [-0.2, -0.15) is 0 Å². The third-order valence-electron chi connectivity index (χ3n) is 5.24. The number of hydrogen-bond donors (Lipinski definition) is 2. The number of anilines is 1. The van der Waals surface area contributed by atoms with Crippen molar-refractivity contribution in [2.75, 3.05) is 17.2 Å². The number of aromatic nitrogens is 2. The molecule has 0 amide bonds. The van der Waals surface area contributed by atoms with Crippen LogP contribution in [0.1, 0.15) is 44.8 Å². The maximum Gasteiger partial charge on any atom is 0.136 e. The molecule has 1 aromatic rings. The highest BCUT2D eigenvalue weighted by molar-refractivity contribution is 8.02. The molecule has 136 valence electrons. The van der Waals surface area contributed by atoms with Gasteiger partial charge in [-0.05, 0) is 38.5 Å². The minimum atomic E-state index is 0.216. The predicted octanol–water partition coefficient (Wildman–Crippen LogP) is 2.61. The van der Waals surface area contributed by atoms with Crippen molar-refractivity contribution < 1.29 is 4.74 Å². The Kier molecular flexibility index (Phi) is 5.26. The van der Waals surface area contributed by atoms with Crippen molar-refractivity contribution in [3.63, 3.8) is 0 Å². The van der Waals surface area contributed by atoms with Gasteiger partial charge in [-0.3, -0.25) is 5.43 Å². The first kappa shape index (κ1) is 17.3. The molecule has 3 aliphatic rings. The summed E-state index contributed by atoms with van der Waals surface area (Å²) in [4.78, 5) is 11.3. The molecule has 2 aliphatic heterocycles. The topological polar surface area (TPSA) is 62.3 Å². The van der Waals surface area contributed by atoms with Gasteiger partial charge in [0, 0.05) is 36.5 Å². The molecule has 1 aromatic heterocycles. The molecule has 3 heterocycles. The Morgan fingerprint density at radius 2 is 2.20 bits per heavy atom. The van der Waals surface area contributed by atoms with E-state index in [0.717, 1.165) is 43.1 Å². The average molecular weight is 362 g/mol. The zero-order valence-electron chi connectivity index (χ0n) is 14.9. The molecule has 0 aromatic carbocycles. The minimum Gasteiger partial charge on any atom is -0.376 e. The molecule has 4 unspecified atom stereocenters. The number of thioether (sulfide) groups is 1. The van der Waals surface area contributed by atoms with E-state index in [1.165, 1.54) is 0 Å². The number of ether oxygens (including phenoxy) is 1. The van der Waals surface area contributed by atoms with Crippen molar-refractivity contribution in [2.24, 2.45) is 5.92 Å². The quantitative estimate of drug-likeness (QED) is 0.855. The van der Waals surface area contributed by atoms with Gasteiger partial charge in [0.2, 0.25) is 0 Å². The Morgan fingerprint density at radius 1 is 1.28 bits per heavy atom. The van der Waals surface area contributed by atoms with Gasteiger partial charge in [0.1, 0.15) is 12.1 Å². The van der Waals surface area contributed by atoms with Crippen LogP contribution in [0.2, 0.25) is 0 Å². The summed E-state index contributed by atoms with van der Waals surface area (Å²) < 4.78 is 6.09. The van der Waals surface area contributed by atoms with Crippen molar-refractivity contribution in [3.05, 3.63) is 29.7 Å². The molecule has 25 heavy (non-hydrogen) atoms. The van der Waals surface area contributed by atoms with E-state index in [0.29, 0.717) is 18.1 Å². The van der Waals surface area contributed by atoms with Gasteiger partial charge in [0.05, 0.1) is 23.9 Å². The van der Waals surface area contributed by atoms with Gasteiger partial charge in [-0.1, -0.05) is 0 Å². The lowest BCUT2D eigenvalue weighted by atomic mass is 9.79. The van der Waals surface area contributed by atoms with Crippen LogP contribution in [0, 0.1) is 5.92 Å². The van der Waals surface area contributed by atoms with E-state index in [-0.39, 0.29) is 12.1 Å². The van der Waals surface area contributed by atoms with Crippen LogP contribution in [0.3, 0.4) is 0 Å². The van der Waals surface area contributed by atoms with Crippen LogP contribution >= 0.6 is 11.8 Å². The predicted molar refractivity (Wildman–Crippen MR) is 101 cm³/mol. The Labute approximate surface area is 153 Å². The first-order valence-electron chi connectivity index (χ1n) is 9.24. The molecule has 4 rings (SSSR count). The van der Waals surface area contributed by atoms with Crippen LogP contribution in [0.25, 0.3) is 0 Å². The molecule has 1 aliphatic carbocycles. The fourth-order valence-corrected chi connectivity index (χ4v) is 4.78. The molecule has 2 fully saturated rings. The Bertz CT molecular complexity index is 625. The first-order valence-corrected chi connectivity index (χ1v) is 10.3. The lowest BCUT2D eigenvalue weighted by molar-refractivity contribution is -0.0276. The monoisotopic (exact) mass is 361 g/mol. The van der Waals surface area contributed by atoms with Crippen LogP contribution in [-0.4, -0.2) is 40.5 Å². The molecule has 1 saturated heterocycles. The minimum absolute atomic E-state index is 0.216. The molecule has 1 saturated carbocycles. The Morgan fingerprint density at radius 3 is 3.00 bits per heavy atom. The highest BCUT2D eigenvalue weighted by Gasteiger charge is 2.42. The second kappa shape index (κ2) is 7.61. The number of rotatable bonds is 4. The maximum absolute atomic E-state index is 6.09. The van der Waals surface area contributed by atoms with Crippen molar-refractivity contribution in [3.8, 4) is 0 Å². The smallest absolute Gasteiger partial charge is 0.136 e. The molecule has 7 heteroatoms. The van der Waals surface area contributed by atoms with E-state index in [1.54, 1.807) is 6.33 Å². The Hall–Kier alpha value is -1.15. The molecule has 0 spiro atoms. The highest BCUT2D eigenvalue weighted by Crippen LogP contribution is 2.39. The second-order valence-corrected chi connectivity index (χ2v) is 8.32. The summed E-state index contributed by atoms with van der Waals surface area (Å²) in [5.41, 5.74) is 8.04. The number of hydrogen-bond acceptors (Lipinski definition) is 7. The zero-order chi connectivity index (χ0) is 17.2. The van der Waals surface area contributed by atoms with Gasteiger partial charge < -0.3 is 9.64 Å². The van der Waals surface area contributed by atoms with Gasteiger partial charge in [0.15, 0.2) is 0 Å². The van der Waals surface area contributed by atoms with Gasteiger partial charge in [-0.15, -0.1) is 11.8 Å². The van der Waals surface area contributed by atoms with Crippen molar-refractivity contribution >= 4 is 17.6 Å². The van der Waals surface area contributed by atoms with E-state index >= 15 is 0 Å². The van der Waals surface area contributed by atoms with Crippen molar-refractivity contribution in [1.29, 1.82) is 0 Å². The van der Waals surface area contributed by atoms with Crippen molar-refractivity contribution in [1.82, 2.24) is 20.8 Å². The zero-order valence-corrected chi connectivity index (χ0v) is 15.7. The lowest BCUT2D eigenvalue weighted by Gasteiger charge is -2.34. The molecule has 6 nitrogen and oxygen atoms in total. The summed E-state index contributed by atoms with van der Waals surface area (Å²) in [5.74, 6) is 2.59. The average Bonchev–Trinajstić information content (AvgIpc) is 3.05. The van der Waals surface area contributed by atoms with Crippen LogP contribution in [0.15, 0.2) is 24.0 Å². The van der Waals surface area contributed by atoms with E-state index in [4.69, 9.17) is 4.74 Å². The number of nitrogens with one attached hydrogen (secondary N) is 2. The summed E-state index contributed by atoms with van der Waals surface area (Å²) in [6.07, 6.45) is 7.80. The third kappa shape index (κ3) is 3.84. The number of fused-ring (bicyclic) bond motifs is 1. The normalized spacial score (nSPS) is 32.2. The molecule has 4 atom stereocenters. The third-order valence-corrected chi connectivity index (χ3v) is 5.97. The van der Waals surface area contributed by atoms with E-state index < -0.39 is 0 Å². The summed E-state index contributed by atoms with van der Waals surface area (Å²) >= 11 is 1.84. The molecule has 0 bridgehead atoms. The van der Waals surface area contributed by atoms with Gasteiger partial charge >= 0.3 is 0 Å².